The van der Waals surface area contributed by atoms with Crippen LogP contribution in [0, 0.1) is 0 Å². The largest absolute Gasteiger partial charge is 0.481 e. The van der Waals surface area contributed by atoms with Gasteiger partial charge < -0.3 is 30.6 Å². The zero-order chi connectivity index (χ0) is 28.6. The predicted molar refractivity (Wildman–Crippen MR) is 160 cm³/mol. The summed E-state index contributed by atoms with van der Waals surface area (Å²) in [6, 6.07) is 0. The molecule has 0 aliphatic heterocycles. The molecule has 0 bridgehead atoms. The number of unbranched alkanes of at least 4 members (excludes halogenated alkanes) is 11. The molecule has 9 nitrogen and oxygen atoms in total. The molecule has 0 aromatic heterocycles. The lowest BCUT2D eigenvalue weighted by molar-refractivity contribution is -0.138. The summed E-state index contributed by atoms with van der Waals surface area (Å²) in [5.74, 6) is -1.37. The molecule has 0 fully saturated rings. The van der Waals surface area contributed by atoms with Crippen molar-refractivity contribution in [2.45, 2.75) is 116 Å². The first-order valence-corrected chi connectivity index (χ1v) is 14.6. The van der Waals surface area contributed by atoms with Crippen LogP contribution in [0.5, 0.6) is 0 Å². The van der Waals surface area contributed by atoms with E-state index in [-0.39, 0.29) is 36.0 Å². The van der Waals surface area contributed by atoms with E-state index in [1.807, 2.05) is 0 Å². The Morgan fingerprint density at radius 2 is 1.00 bits per heavy atom. The third kappa shape index (κ3) is 51.5. The van der Waals surface area contributed by atoms with Crippen LogP contribution in [0.1, 0.15) is 110 Å². The summed E-state index contributed by atoms with van der Waals surface area (Å²) in [4.78, 5) is 30.3. The topological polar surface area (TPSA) is 173 Å². The Morgan fingerprint density at radius 1 is 0.632 bits per heavy atom. The van der Waals surface area contributed by atoms with Crippen molar-refractivity contribution >= 4 is 39.6 Å². The smallest absolute Gasteiger partial charge is 0.304 e. The van der Waals surface area contributed by atoms with Gasteiger partial charge in [-0.3, -0.25) is 14.4 Å². The van der Waals surface area contributed by atoms with Crippen molar-refractivity contribution in [2.24, 2.45) is 0 Å². The van der Waals surface area contributed by atoms with Crippen molar-refractivity contribution in [3.63, 3.8) is 0 Å². The van der Waals surface area contributed by atoms with E-state index in [2.05, 4.69) is 19.1 Å². The van der Waals surface area contributed by atoms with E-state index in [9.17, 15) is 14.4 Å². The monoisotopic (exact) mass is 586 g/mol. The van der Waals surface area contributed by atoms with Crippen LogP contribution in [0.25, 0.3) is 0 Å². The number of carboxylic acid groups (broad SMARTS) is 3. The average Bonchev–Trinajstić information content (AvgIpc) is 2.86. The second kappa shape index (κ2) is 38.0. The predicted octanol–water partition coefficient (Wildman–Crippen LogP) is 5.17. The highest BCUT2D eigenvalue weighted by Crippen LogP contribution is 2.10. The standard InChI is InChI=1S/C18H34O2.C6H10O4S.C3H8O3.H3P/c1-2-3-4-5-6-7-8-9-10-11-12-13-14-15-16-17-18(19)20;7-5(8)1-3-11-4-2-6(9)10;4-1-3(6)2-5;/h9-10H,2-8,11-17H2,1H3,(H,19,20);1-4H2,(H,7,8)(H,9,10);3-6H,1-2H2;1H3/b10-9-;;;. The summed E-state index contributed by atoms with van der Waals surface area (Å²) in [6.45, 7) is 1.53. The molecule has 0 aromatic carbocycles. The maximum Gasteiger partial charge on any atom is 0.304 e. The van der Waals surface area contributed by atoms with Gasteiger partial charge in [-0.25, -0.2) is 0 Å². The molecule has 0 radical (unpaired) electrons. The summed E-state index contributed by atoms with van der Waals surface area (Å²) >= 11 is 1.35. The van der Waals surface area contributed by atoms with Crippen molar-refractivity contribution in [2.75, 3.05) is 24.7 Å². The van der Waals surface area contributed by atoms with Crippen LogP contribution < -0.4 is 0 Å². The van der Waals surface area contributed by atoms with Crippen molar-refractivity contribution in [3.8, 4) is 0 Å². The molecule has 0 saturated carbocycles. The minimum atomic E-state index is -0.954. The fourth-order valence-corrected chi connectivity index (χ4v) is 3.67. The number of hydrogen-bond donors (Lipinski definition) is 6. The van der Waals surface area contributed by atoms with Gasteiger partial charge in [0.1, 0.15) is 6.10 Å². The van der Waals surface area contributed by atoms with Crippen LogP contribution in [-0.4, -0.2) is 79.4 Å². The lowest BCUT2D eigenvalue weighted by Crippen LogP contribution is -2.15. The average molecular weight is 587 g/mol. The van der Waals surface area contributed by atoms with Crippen LogP contribution in [0.2, 0.25) is 0 Å². The fraction of sp³-hybridized carbons (Fsp3) is 0.815. The molecule has 1 atom stereocenters. The van der Waals surface area contributed by atoms with Gasteiger partial charge in [0.25, 0.3) is 0 Å². The molecular weight excluding hydrogens is 531 g/mol. The Balaban J connectivity index is -0.000000269. The third-order valence-corrected chi connectivity index (χ3v) is 5.98. The molecule has 0 aliphatic rings. The van der Waals surface area contributed by atoms with Crippen LogP contribution in [0.4, 0.5) is 0 Å². The third-order valence-electron chi connectivity index (χ3n) is 4.99. The second-order valence-corrected chi connectivity index (χ2v) is 9.87. The summed E-state index contributed by atoms with van der Waals surface area (Å²) in [5, 5.41) is 48.9. The van der Waals surface area contributed by atoms with Gasteiger partial charge in [0.05, 0.1) is 26.1 Å². The molecule has 11 heteroatoms. The quantitative estimate of drug-likeness (QED) is 0.0533. The number of hydrogen-bond acceptors (Lipinski definition) is 7. The molecular formula is C27H55O9PS. The Bertz CT molecular complexity index is 529. The number of carbonyl (C=O) groups is 3. The zero-order valence-electron chi connectivity index (χ0n) is 23.4. The van der Waals surface area contributed by atoms with Gasteiger partial charge in [0.15, 0.2) is 0 Å². The van der Waals surface area contributed by atoms with Crippen molar-refractivity contribution in [1.29, 1.82) is 0 Å². The van der Waals surface area contributed by atoms with Crippen molar-refractivity contribution in [1.82, 2.24) is 0 Å². The molecule has 6 N–H and O–H groups in total. The van der Waals surface area contributed by atoms with Crippen LogP contribution in [0.15, 0.2) is 12.2 Å². The maximum atomic E-state index is 10.3. The van der Waals surface area contributed by atoms with Crippen molar-refractivity contribution in [3.05, 3.63) is 12.2 Å². The van der Waals surface area contributed by atoms with Gasteiger partial charge in [-0.1, -0.05) is 70.4 Å². The molecule has 0 aliphatic carbocycles. The fourth-order valence-electron chi connectivity index (χ4n) is 2.83. The van der Waals surface area contributed by atoms with E-state index in [4.69, 9.17) is 30.6 Å². The zero-order valence-corrected chi connectivity index (χ0v) is 25.6. The minimum Gasteiger partial charge on any atom is -0.481 e. The van der Waals surface area contributed by atoms with Crippen molar-refractivity contribution < 1.29 is 45.0 Å². The second-order valence-electron chi connectivity index (χ2n) is 8.65. The summed E-state index contributed by atoms with van der Waals surface area (Å²) in [5.41, 5.74) is 0. The maximum absolute atomic E-state index is 10.3. The Kier molecular flexibility index (Phi) is 43.8. The summed E-state index contributed by atoms with van der Waals surface area (Å²) in [7, 11) is 0. The Morgan fingerprint density at radius 3 is 1.34 bits per heavy atom. The van der Waals surface area contributed by atoms with E-state index >= 15 is 0 Å². The molecule has 38 heavy (non-hydrogen) atoms. The van der Waals surface area contributed by atoms with Crippen LogP contribution >= 0.6 is 21.7 Å². The number of aliphatic hydroxyl groups excluding tert-OH is 3. The number of thioether (sulfide) groups is 1. The SMILES string of the molecule is CCCCCCCC/C=C\CCCCCCCC(=O)O.O=C(O)CCSCCC(=O)O.OCC(O)CO.P. The normalized spacial score (nSPS) is 10.2. The van der Waals surface area contributed by atoms with Gasteiger partial charge in [-0.2, -0.15) is 21.7 Å². The Hall–Kier alpha value is -1.19. The highest BCUT2D eigenvalue weighted by molar-refractivity contribution is 7.99. The Labute approximate surface area is 237 Å². The van der Waals surface area contributed by atoms with E-state index in [1.54, 1.807) is 0 Å². The molecule has 0 heterocycles. The summed E-state index contributed by atoms with van der Waals surface area (Å²) in [6.07, 6.45) is 20.5. The highest BCUT2D eigenvalue weighted by Gasteiger charge is 1.99. The number of carboxylic acids is 3. The molecule has 0 aromatic rings. The van der Waals surface area contributed by atoms with Gasteiger partial charge in [0, 0.05) is 17.9 Å². The molecule has 0 rings (SSSR count). The van der Waals surface area contributed by atoms with E-state index in [0.29, 0.717) is 17.9 Å². The number of rotatable bonds is 23. The van der Waals surface area contributed by atoms with Gasteiger partial charge in [0.2, 0.25) is 0 Å². The molecule has 0 amide bonds. The number of aliphatic hydroxyl groups is 3. The molecule has 228 valence electrons. The van der Waals surface area contributed by atoms with Crippen LogP contribution in [0.3, 0.4) is 0 Å². The minimum absolute atomic E-state index is 0. The highest BCUT2D eigenvalue weighted by atomic mass is 32.2. The first kappa shape index (κ1) is 43.8. The first-order chi connectivity index (χ1) is 17.7. The summed E-state index contributed by atoms with van der Waals surface area (Å²) < 4.78 is 0. The number of aliphatic carboxylic acids is 3. The molecule has 1 unspecified atom stereocenters. The van der Waals surface area contributed by atoms with Gasteiger partial charge >= 0.3 is 17.9 Å². The first-order valence-electron chi connectivity index (χ1n) is 13.5. The molecule has 0 saturated heterocycles. The lowest BCUT2D eigenvalue weighted by Gasteiger charge is -1.99. The lowest BCUT2D eigenvalue weighted by atomic mass is 10.1. The van der Waals surface area contributed by atoms with E-state index < -0.39 is 24.0 Å². The van der Waals surface area contributed by atoms with Crippen LogP contribution in [-0.2, 0) is 14.4 Å². The van der Waals surface area contributed by atoms with E-state index in [0.717, 1.165) is 12.8 Å². The van der Waals surface area contributed by atoms with Gasteiger partial charge in [-0.05, 0) is 32.1 Å². The number of allylic oxidation sites excluding steroid dienone is 2. The van der Waals surface area contributed by atoms with Gasteiger partial charge in [-0.15, -0.1) is 0 Å². The molecule has 0 spiro atoms. The van der Waals surface area contributed by atoms with E-state index in [1.165, 1.54) is 82.4 Å².